The van der Waals surface area contributed by atoms with Gasteiger partial charge in [-0.2, -0.15) is 4.99 Å². The molecule has 1 aliphatic rings. The molecule has 0 radical (unpaired) electrons. The number of hydrogen-bond donors (Lipinski definition) is 3. The topological polar surface area (TPSA) is 112 Å². The number of nitrogens with one attached hydrogen (secondary N) is 1. The number of amides is 1. The van der Waals surface area contributed by atoms with E-state index in [1.807, 2.05) is 24.3 Å². The SMILES string of the molecule is COc1ccc(F)c(SNc2ccc(-c3cc(N)c4c(c3)OCC(=O)N=C4N)cc2)c1. The monoisotopic (exact) mass is 438 g/mol. The van der Waals surface area contributed by atoms with Crippen LogP contribution in [-0.2, 0) is 4.79 Å². The number of nitrogens with two attached hydrogens (primary N) is 2. The zero-order valence-corrected chi connectivity index (χ0v) is 17.3. The standard InChI is InChI=1S/C22H19FN4O3S/c1-29-15-6-7-16(23)19(10-15)31-27-14-4-2-12(3-5-14)13-8-17(24)21-18(9-13)30-11-20(28)26-22(21)25/h2-10,27H,11,24H2,1H3,(H2,25,26,28). The Hall–Kier alpha value is -3.72. The molecule has 1 heterocycles. The highest BCUT2D eigenvalue weighted by Crippen LogP contribution is 2.34. The number of amidine groups is 1. The van der Waals surface area contributed by atoms with Crippen LogP contribution in [0.3, 0.4) is 0 Å². The third-order valence-corrected chi connectivity index (χ3v) is 5.49. The summed E-state index contributed by atoms with van der Waals surface area (Å²) in [5, 5.41) is 0. The van der Waals surface area contributed by atoms with E-state index in [-0.39, 0.29) is 18.3 Å². The lowest BCUT2D eigenvalue weighted by atomic mass is 10.0. The maximum absolute atomic E-state index is 14.0. The van der Waals surface area contributed by atoms with Crippen LogP contribution in [0.5, 0.6) is 11.5 Å². The van der Waals surface area contributed by atoms with Gasteiger partial charge in [0.25, 0.3) is 5.91 Å². The lowest BCUT2D eigenvalue weighted by Gasteiger charge is -2.13. The van der Waals surface area contributed by atoms with Crippen molar-refractivity contribution >= 4 is 35.1 Å². The molecule has 9 heteroatoms. The Morgan fingerprint density at radius 3 is 2.61 bits per heavy atom. The molecule has 31 heavy (non-hydrogen) atoms. The molecule has 5 N–H and O–H groups in total. The number of hydrogen-bond acceptors (Lipinski definition) is 7. The van der Waals surface area contributed by atoms with E-state index < -0.39 is 5.91 Å². The molecule has 0 unspecified atom stereocenters. The summed E-state index contributed by atoms with van der Waals surface area (Å²) < 4.78 is 27.8. The molecule has 0 aromatic heterocycles. The summed E-state index contributed by atoms with van der Waals surface area (Å²) in [6.07, 6.45) is 0. The quantitative estimate of drug-likeness (QED) is 0.410. The minimum Gasteiger partial charge on any atom is -0.497 e. The molecule has 3 aromatic carbocycles. The van der Waals surface area contributed by atoms with Crippen molar-refractivity contribution in [1.82, 2.24) is 0 Å². The highest BCUT2D eigenvalue weighted by Gasteiger charge is 2.20. The Kier molecular flexibility index (Phi) is 5.68. The third kappa shape index (κ3) is 4.41. The molecule has 0 spiro atoms. The number of methoxy groups -OCH3 is 1. The molecule has 158 valence electrons. The van der Waals surface area contributed by atoms with Crippen LogP contribution in [0.15, 0.2) is 64.5 Å². The molecule has 0 aliphatic carbocycles. The van der Waals surface area contributed by atoms with Crippen molar-refractivity contribution in [3.8, 4) is 22.6 Å². The second-order valence-corrected chi connectivity index (χ2v) is 7.54. The number of aliphatic imine (C=N–C) groups is 1. The van der Waals surface area contributed by atoms with Gasteiger partial charge < -0.3 is 25.7 Å². The Balaban J connectivity index is 1.53. The van der Waals surface area contributed by atoms with Gasteiger partial charge in [-0.1, -0.05) is 12.1 Å². The molecule has 1 amide bonds. The third-order valence-electron chi connectivity index (χ3n) is 4.62. The van der Waals surface area contributed by atoms with Crippen LogP contribution in [0.1, 0.15) is 5.56 Å². The summed E-state index contributed by atoms with van der Waals surface area (Å²) in [5.74, 6) is 0.236. The first kappa shape index (κ1) is 20.5. The van der Waals surface area contributed by atoms with Gasteiger partial charge in [-0.05, 0) is 65.5 Å². The maximum atomic E-state index is 14.0. The molecular formula is C22H19FN4O3S. The van der Waals surface area contributed by atoms with Crippen LogP contribution in [0, 0.1) is 5.82 Å². The van der Waals surface area contributed by atoms with Gasteiger partial charge in [-0.25, -0.2) is 4.39 Å². The highest BCUT2D eigenvalue weighted by molar-refractivity contribution is 8.00. The number of nitrogens with zero attached hydrogens (tertiary/aromatic N) is 1. The smallest absolute Gasteiger partial charge is 0.285 e. The molecule has 0 saturated heterocycles. The number of anilines is 2. The van der Waals surface area contributed by atoms with Gasteiger partial charge in [0, 0.05) is 11.4 Å². The molecule has 4 rings (SSSR count). The average molecular weight is 438 g/mol. The molecule has 0 bridgehead atoms. The molecule has 0 atom stereocenters. The largest absolute Gasteiger partial charge is 0.497 e. The van der Waals surface area contributed by atoms with Crippen LogP contribution in [0.2, 0.25) is 0 Å². The number of rotatable bonds is 5. The first-order chi connectivity index (χ1) is 14.9. The Bertz CT molecular complexity index is 1180. The summed E-state index contributed by atoms with van der Waals surface area (Å²) in [7, 11) is 1.53. The van der Waals surface area contributed by atoms with E-state index >= 15 is 0 Å². The molecule has 0 saturated carbocycles. The van der Waals surface area contributed by atoms with E-state index in [1.165, 1.54) is 13.2 Å². The summed E-state index contributed by atoms with van der Waals surface area (Å²) in [4.78, 5) is 15.8. The second kappa shape index (κ2) is 8.57. The average Bonchev–Trinajstić information content (AvgIpc) is 2.91. The Morgan fingerprint density at radius 1 is 1.10 bits per heavy atom. The number of fused-ring (bicyclic) bond motifs is 1. The zero-order chi connectivity index (χ0) is 22.0. The lowest BCUT2D eigenvalue weighted by Crippen LogP contribution is -2.16. The summed E-state index contributed by atoms with van der Waals surface area (Å²) in [6.45, 7) is -0.197. The van der Waals surface area contributed by atoms with E-state index in [1.54, 1.807) is 24.3 Å². The van der Waals surface area contributed by atoms with Gasteiger partial charge >= 0.3 is 0 Å². The minimum atomic E-state index is -0.463. The fourth-order valence-electron chi connectivity index (χ4n) is 3.09. The second-order valence-electron chi connectivity index (χ2n) is 6.70. The van der Waals surface area contributed by atoms with Crippen molar-refractivity contribution in [1.29, 1.82) is 0 Å². The van der Waals surface area contributed by atoms with Crippen LogP contribution in [0.4, 0.5) is 15.8 Å². The predicted molar refractivity (Wildman–Crippen MR) is 120 cm³/mol. The lowest BCUT2D eigenvalue weighted by molar-refractivity contribution is -0.119. The van der Waals surface area contributed by atoms with E-state index in [0.717, 1.165) is 28.8 Å². The van der Waals surface area contributed by atoms with Crippen molar-refractivity contribution in [3.05, 3.63) is 66.0 Å². The minimum absolute atomic E-state index is 0.0443. The predicted octanol–water partition coefficient (Wildman–Crippen LogP) is 3.83. The Labute approximate surface area is 182 Å². The van der Waals surface area contributed by atoms with Crippen LogP contribution in [-0.4, -0.2) is 25.5 Å². The highest BCUT2D eigenvalue weighted by atomic mass is 32.2. The van der Waals surface area contributed by atoms with Crippen molar-refractivity contribution in [2.45, 2.75) is 4.90 Å². The van der Waals surface area contributed by atoms with Gasteiger partial charge in [0.15, 0.2) is 6.61 Å². The van der Waals surface area contributed by atoms with Crippen molar-refractivity contribution in [2.75, 3.05) is 24.2 Å². The number of carbonyl (C=O) groups excluding carboxylic acids is 1. The van der Waals surface area contributed by atoms with E-state index in [4.69, 9.17) is 20.9 Å². The number of ether oxygens (including phenoxy) is 2. The van der Waals surface area contributed by atoms with E-state index in [2.05, 4.69) is 9.71 Å². The molecule has 7 nitrogen and oxygen atoms in total. The summed E-state index contributed by atoms with van der Waals surface area (Å²) >= 11 is 1.15. The fraction of sp³-hybridized carbons (Fsp3) is 0.0909. The van der Waals surface area contributed by atoms with Gasteiger partial charge in [-0.15, -0.1) is 0 Å². The summed E-state index contributed by atoms with van der Waals surface area (Å²) in [6, 6.07) is 15.6. The number of benzene rings is 3. The van der Waals surface area contributed by atoms with Crippen molar-refractivity contribution in [2.24, 2.45) is 10.7 Å². The van der Waals surface area contributed by atoms with Gasteiger partial charge in [-0.3, -0.25) is 4.79 Å². The van der Waals surface area contributed by atoms with Gasteiger partial charge in [0.05, 0.1) is 17.6 Å². The van der Waals surface area contributed by atoms with Crippen LogP contribution < -0.4 is 25.7 Å². The molecule has 0 fully saturated rings. The number of carbonyl (C=O) groups is 1. The first-order valence-corrected chi connectivity index (χ1v) is 10.1. The molecule has 1 aliphatic heterocycles. The van der Waals surface area contributed by atoms with Crippen molar-refractivity contribution < 1.29 is 18.7 Å². The van der Waals surface area contributed by atoms with E-state index in [0.29, 0.717) is 27.6 Å². The van der Waals surface area contributed by atoms with Gasteiger partial charge in [0.1, 0.15) is 23.2 Å². The fourth-order valence-corrected chi connectivity index (χ4v) is 3.79. The molecular weight excluding hydrogens is 419 g/mol. The molecule has 3 aromatic rings. The van der Waals surface area contributed by atoms with Crippen molar-refractivity contribution in [3.63, 3.8) is 0 Å². The number of halogens is 1. The summed E-state index contributed by atoms with van der Waals surface area (Å²) in [5.41, 5.74) is 15.3. The normalized spacial score (nSPS) is 13.0. The maximum Gasteiger partial charge on any atom is 0.285 e. The zero-order valence-electron chi connectivity index (χ0n) is 16.5. The number of nitrogen functional groups attached to an aromatic ring is 1. The van der Waals surface area contributed by atoms with E-state index in [9.17, 15) is 9.18 Å². The van der Waals surface area contributed by atoms with Crippen LogP contribution in [0.25, 0.3) is 11.1 Å². The van der Waals surface area contributed by atoms with Gasteiger partial charge in [0.2, 0.25) is 0 Å². The first-order valence-electron chi connectivity index (χ1n) is 9.25. The Morgan fingerprint density at radius 2 is 1.87 bits per heavy atom. The van der Waals surface area contributed by atoms with Crippen LogP contribution >= 0.6 is 11.9 Å².